The van der Waals surface area contributed by atoms with E-state index in [4.69, 9.17) is 4.74 Å². The molecule has 6 nitrogen and oxygen atoms in total. The van der Waals surface area contributed by atoms with Crippen LogP contribution in [-0.2, 0) is 14.8 Å². The highest BCUT2D eigenvalue weighted by Gasteiger charge is 2.32. The lowest BCUT2D eigenvalue weighted by Crippen LogP contribution is -2.35. The molecular formula is C14H20N2O4S. The molecule has 0 saturated carbocycles. The Labute approximate surface area is 125 Å². The molecular weight excluding hydrogens is 292 g/mol. The molecule has 21 heavy (non-hydrogen) atoms. The third-order valence-corrected chi connectivity index (χ3v) is 4.78. The number of cyclic esters (lactones) is 1. The van der Waals surface area contributed by atoms with Crippen molar-refractivity contribution in [3.05, 3.63) is 29.8 Å². The third-order valence-electron chi connectivity index (χ3n) is 3.22. The molecule has 0 aliphatic carbocycles. The van der Waals surface area contributed by atoms with Gasteiger partial charge in [0.05, 0.1) is 12.3 Å². The van der Waals surface area contributed by atoms with Gasteiger partial charge in [0.15, 0.2) is 0 Å². The second kappa shape index (κ2) is 6.44. The van der Waals surface area contributed by atoms with Gasteiger partial charge >= 0.3 is 6.09 Å². The van der Waals surface area contributed by atoms with Crippen LogP contribution in [0, 0.1) is 6.92 Å². The minimum absolute atomic E-state index is 0.0787. The van der Waals surface area contributed by atoms with E-state index in [9.17, 15) is 13.2 Å². The number of anilines is 1. The smallest absolute Gasteiger partial charge is 0.414 e. The number of amides is 1. The number of hydrogen-bond acceptors (Lipinski definition) is 4. The topological polar surface area (TPSA) is 75.7 Å². The molecule has 1 heterocycles. The van der Waals surface area contributed by atoms with Gasteiger partial charge in [0.25, 0.3) is 0 Å². The highest BCUT2D eigenvalue weighted by molar-refractivity contribution is 7.89. The van der Waals surface area contributed by atoms with Gasteiger partial charge in [-0.25, -0.2) is 17.9 Å². The highest BCUT2D eigenvalue weighted by atomic mass is 32.2. The summed E-state index contributed by atoms with van der Waals surface area (Å²) >= 11 is 0. The van der Waals surface area contributed by atoms with Crippen molar-refractivity contribution < 1.29 is 17.9 Å². The van der Waals surface area contributed by atoms with E-state index < -0.39 is 22.2 Å². The Morgan fingerprint density at radius 2 is 2.00 bits per heavy atom. The minimum Gasteiger partial charge on any atom is -0.443 e. The summed E-state index contributed by atoms with van der Waals surface area (Å²) in [6.45, 7) is 4.22. The summed E-state index contributed by atoms with van der Waals surface area (Å²) in [6, 6.07) is 7.53. The second-order valence-electron chi connectivity index (χ2n) is 5.12. The van der Waals surface area contributed by atoms with E-state index in [-0.39, 0.29) is 12.3 Å². The zero-order chi connectivity index (χ0) is 15.5. The maximum Gasteiger partial charge on any atom is 0.414 e. The lowest BCUT2D eigenvalue weighted by atomic mass is 10.2. The minimum atomic E-state index is -3.28. The lowest BCUT2D eigenvalue weighted by Gasteiger charge is -2.13. The van der Waals surface area contributed by atoms with Gasteiger partial charge in [-0.3, -0.25) is 4.90 Å². The number of ether oxygens (including phenoxy) is 1. The molecule has 1 saturated heterocycles. The van der Waals surface area contributed by atoms with Crippen LogP contribution in [0.2, 0.25) is 0 Å². The first-order chi connectivity index (χ1) is 9.91. The van der Waals surface area contributed by atoms with Gasteiger partial charge in [0.2, 0.25) is 10.0 Å². The predicted octanol–water partition coefficient (Wildman–Crippen LogP) is 1.65. The van der Waals surface area contributed by atoms with Crippen molar-refractivity contribution in [2.45, 2.75) is 26.4 Å². The van der Waals surface area contributed by atoms with Crippen molar-refractivity contribution in [1.29, 1.82) is 0 Å². The predicted molar refractivity (Wildman–Crippen MR) is 80.9 cm³/mol. The number of benzene rings is 1. The largest absolute Gasteiger partial charge is 0.443 e. The first-order valence-electron chi connectivity index (χ1n) is 6.93. The van der Waals surface area contributed by atoms with E-state index in [0.717, 1.165) is 11.3 Å². The average Bonchev–Trinajstić information content (AvgIpc) is 2.79. The summed E-state index contributed by atoms with van der Waals surface area (Å²) in [5, 5.41) is 0. The number of aryl methyl sites for hydroxylation is 1. The fourth-order valence-electron chi connectivity index (χ4n) is 2.12. The monoisotopic (exact) mass is 312 g/mol. The molecule has 1 atom stereocenters. The Balaban J connectivity index is 1.95. The quantitative estimate of drug-likeness (QED) is 0.866. The van der Waals surface area contributed by atoms with E-state index in [1.807, 2.05) is 31.2 Å². The molecule has 1 amide bonds. The van der Waals surface area contributed by atoms with Gasteiger partial charge in [0.1, 0.15) is 6.10 Å². The molecule has 116 valence electrons. The fourth-order valence-corrected chi connectivity index (χ4v) is 3.25. The molecule has 1 aromatic carbocycles. The van der Waals surface area contributed by atoms with Gasteiger partial charge in [-0.1, -0.05) is 24.6 Å². The van der Waals surface area contributed by atoms with Crippen molar-refractivity contribution in [2.75, 3.05) is 23.7 Å². The van der Waals surface area contributed by atoms with E-state index in [1.54, 1.807) is 6.92 Å². The molecule has 1 fully saturated rings. The number of carbonyl (C=O) groups excluding carboxylic acids is 1. The molecule has 2 rings (SSSR count). The van der Waals surface area contributed by atoms with E-state index >= 15 is 0 Å². The normalized spacial score (nSPS) is 18.9. The SMILES string of the molecule is CCCS(=O)(=O)NCC1CN(c2ccc(C)cc2)C(=O)O1. The van der Waals surface area contributed by atoms with Crippen LogP contribution in [0.25, 0.3) is 0 Å². The molecule has 1 unspecified atom stereocenters. The maximum absolute atomic E-state index is 11.8. The van der Waals surface area contributed by atoms with Crippen LogP contribution >= 0.6 is 0 Å². The van der Waals surface area contributed by atoms with Crippen LogP contribution in [0.5, 0.6) is 0 Å². The van der Waals surface area contributed by atoms with E-state index in [2.05, 4.69) is 4.72 Å². The summed E-state index contributed by atoms with van der Waals surface area (Å²) in [5.41, 5.74) is 1.86. The van der Waals surface area contributed by atoms with Crippen molar-refractivity contribution in [3.8, 4) is 0 Å². The van der Waals surface area contributed by atoms with Crippen molar-refractivity contribution in [1.82, 2.24) is 4.72 Å². The number of rotatable bonds is 6. The van der Waals surface area contributed by atoms with Gasteiger partial charge < -0.3 is 4.74 Å². The van der Waals surface area contributed by atoms with Crippen LogP contribution in [-0.4, -0.2) is 39.5 Å². The molecule has 0 radical (unpaired) electrons. The van der Waals surface area contributed by atoms with Crippen LogP contribution in [0.15, 0.2) is 24.3 Å². The first-order valence-corrected chi connectivity index (χ1v) is 8.58. The summed E-state index contributed by atoms with van der Waals surface area (Å²) in [4.78, 5) is 13.4. The molecule has 1 aliphatic heterocycles. The average molecular weight is 312 g/mol. The molecule has 0 spiro atoms. The van der Waals surface area contributed by atoms with Gasteiger partial charge in [-0.2, -0.15) is 0 Å². The maximum atomic E-state index is 11.8. The zero-order valence-corrected chi connectivity index (χ0v) is 13.0. The second-order valence-corrected chi connectivity index (χ2v) is 7.05. The molecule has 0 aromatic heterocycles. The summed E-state index contributed by atoms with van der Waals surface area (Å²) in [5.74, 6) is 0.0787. The highest BCUT2D eigenvalue weighted by Crippen LogP contribution is 2.21. The van der Waals surface area contributed by atoms with Crippen LogP contribution in [0.1, 0.15) is 18.9 Å². The van der Waals surface area contributed by atoms with Crippen molar-refractivity contribution in [2.24, 2.45) is 0 Å². The standard InChI is InChI=1S/C14H20N2O4S/c1-3-8-21(18,19)15-9-13-10-16(14(17)20-13)12-6-4-11(2)5-7-12/h4-7,13,15H,3,8-10H2,1-2H3. The first kappa shape index (κ1) is 15.8. The molecule has 0 bridgehead atoms. The number of hydrogen-bond donors (Lipinski definition) is 1. The Morgan fingerprint density at radius 1 is 1.33 bits per heavy atom. The van der Waals surface area contributed by atoms with Crippen LogP contribution < -0.4 is 9.62 Å². The van der Waals surface area contributed by atoms with Gasteiger partial charge in [-0.15, -0.1) is 0 Å². The van der Waals surface area contributed by atoms with Gasteiger partial charge in [0, 0.05) is 12.2 Å². The molecule has 1 aromatic rings. The van der Waals surface area contributed by atoms with E-state index in [1.165, 1.54) is 4.90 Å². The number of nitrogens with zero attached hydrogens (tertiary/aromatic N) is 1. The summed E-state index contributed by atoms with van der Waals surface area (Å²) in [7, 11) is -3.28. The Kier molecular flexibility index (Phi) is 4.84. The summed E-state index contributed by atoms with van der Waals surface area (Å²) < 4.78 is 30.8. The van der Waals surface area contributed by atoms with Crippen molar-refractivity contribution in [3.63, 3.8) is 0 Å². The number of nitrogens with one attached hydrogen (secondary N) is 1. The van der Waals surface area contributed by atoms with E-state index in [0.29, 0.717) is 13.0 Å². The fraction of sp³-hybridized carbons (Fsp3) is 0.500. The Morgan fingerprint density at radius 3 is 2.62 bits per heavy atom. The third kappa shape index (κ3) is 4.18. The van der Waals surface area contributed by atoms with Gasteiger partial charge in [-0.05, 0) is 25.5 Å². The number of carbonyl (C=O) groups is 1. The zero-order valence-electron chi connectivity index (χ0n) is 12.2. The number of sulfonamides is 1. The van der Waals surface area contributed by atoms with Crippen LogP contribution in [0.3, 0.4) is 0 Å². The summed E-state index contributed by atoms with van der Waals surface area (Å²) in [6.07, 6.45) is -0.362. The molecule has 1 aliphatic rings. The van der Waals surface area contributed by atoms with Crippen LogP contribution in [0.4, 0.5) is 10.5 Å². The molecule has 7 heteroatoms. The Hall–Kier alpha value is -1.60. The Bertz CT molecular complexity index is 598. The molecule has 1 N–H and O–H groups in total. The van der Waals surface area contributed by atoms with Crippen molar-refractivity contribution >= 4 is 21.8 Å². The lowest BCUT2D eigenvalue weighted by molar-refractivity contribution is 0.143.